The number of H-pyrrole nitrogens is 2. The van der Waals surface area contributed by atoms with E-state index in [1.165, 1.54) is 42.6 Å². The molecule has 2 aliphatic rings. The molecule has 1 amide bonds. The molecular formula is C21H25N5O. The maximum absolute atomic E-state index is 13.3. The van der Waals surface area contributed by atoms with Gasteiger partial charge in [0.05, 0.1) is 16.8 Å². The van der Waals surface area contributed by atoms with Gasteiger partial charge in [-0.3, -0.25) is 9.89 Å². The zero-order chi connectivity index (χ0) is 18.4. The third-order valence-corrected chi connectivity index (χ3v) is 6.12. The highest BCUT2D eigenvalue weighted by atomic mass is 16.2. The van der Waals surface area contributed by atoms with Crippen LogP contribution in [0, 0.1) is 12.8 Å². The predicted molar refractivity (Wildman–Crippen MR) is 104 cm³/mol. The van der Waals surface area contributed by atoms with Crippen molar-refractivity contribution in [3.8, 4) is 0 Å². The van der Waals surface area contributed by atoms with Gasteiger partial charge in [-0.25, -0.2) is 4.98 Å². The van der Waals surface area contributed by atoms with Crippen LogP contribution in [-0.2, 0) is 19.4 Å². The van der Waals surface area contributed by atoms with E-state index in [1.54, 1.807) is 0 Å². The monoisotopic (exact) mass is 363 g/mol. The number of aromatic amines is 2. The number of imidazole rings is 1. The largest absolute Gasteiger partial charge is 0.342 e. The quantitative estimate of drug-likeness (QED) is 0.747. The fourth-order valence-corrected chi connectivity index (χ4v) is 4.68. The Balaban J connectivity index is 1.41. The van der Waals surface area contributed by atoms with E-state index in [-0.39, 0.29) is 5.91 Å². The molecule has 1 saturated carbocycles. The van der Waals surface area contributed by atoms with Crippen molar-refractivity contribution in [3.63, 3.8) is 0 Å². The Morgan fingerprint density at radius 2 is 2.15 bits per heavy atom. The van der Waals surface area contributed by atoms with Gasteiger partial charge in [-0.15, -0.1) is 0 Å². The van der Waals surface area contributed by atoms with Gasteiger partial charge >= 0.3 is 0 Å². The van der Waals surface area contributed by atoms with Crippen LogP contribution in [0.3, 0.4) is 0 Å². The molecule has 2 N–H and O–H groups in total. The lowest BCUT2D eigenvalue weighted by atomic mass is 9.96. The van der Waals surface area contributed by atoms with Crippen molar-refractivity contribution in [1.82, 2.24) is 25.1 Å². The number of nitrogens with zero attached hydrogens (tertiary/aromatic N) is 3. The number of hydrogen-bond acceptors (Lipinski definition) is 3. The molecule has 2 aromatic heterocycles. The Labute approximate surface area is 158 Å². The molecule has 1 fully saturated rings. The minimum absolute atomic E-state index is 0.0609. The summed E-state index contributed by atoms with van der Waals surface area (Å²) >= 11 is 0. The lowest BCUT2D eigenvalue weighted by molar-refractivity contribution is 0.0735. The lowest BCUT2D eigenvalue weighted by Crippen LogP contribution is -2.36. The van der Waals surface area contributed by atoms with Crippen molar-refractivity contribution in [2.24, 2.45) is 5.92 Å². The molecule has 3 heterocycles. The molecule has 5 rings (SSSR count). The van der Waals surface area contributed by atoms with Crippen LogP contribution in [0.1, 0.15) is 58.8 Å². The number of nitrogens with one attached hydrogen (secondary N) is 2. The van der Waals surface area contributed by atoms with E-state index in [2.05, 4.69) is 20.2 Å². The Kier molecular flexibility index (Phi) is 3.99. The molecule has 6 heteroatoms. The third-order valence-electron chi connectivity index (χ3n) is 6.12. The molecule has 1 aromatic carbocycles. The van der Waals surface area contributed by atoms with Gasteiger partial charge in [0, 0.05) is 30.8 Å². The second kappa shape index (κ2) is 6.51. The molecule has 0 bridgehead atoms. The van der Waals surface area contributed by atoms with Gasteiger partial charge in [0.1, 0.15) is 11.3 Å². The van der Waals surface area contributed by atoms with Crippen molar-refractivity contribution in [3.05, 3.63) is 46.5 Å². The first kappa shape index (κ1) is 16.5. The highest BCUT2D eigenvalue weighted by Crippen LogP contribution is 2.31. The van der Waals surface area contributed by atoms with Crippen molar-refractivity contribution in [2.45, 2.75) is 52.0 Å². The third kappa shape index (κ3) is 2.93. The number of benzene rings is 1. The SMILES string of the molecule is Cc1nc2c(C(=O)N3CCc4[nH]nc(CC5CCCC5)c4C3)cccc2[nH]1. The average molecular weight is 363 g/mol. The molecule has 1 aliphatic carbocycles. The maximum Gasteiger partial charge on any atom is 0.256 e. The number of carbonyl (C=O) groups is 1. The second-order valence-electron chi connectivity index (χ2n) is 7.98. The molecule has 0 atom stereocenters. The van der Waals surface area contributed by atoms with Gasteiger partial charge in [-0.05, 0) is 31.4 Å². The average Bonchev–Trinajstić information content (AvgIpc) is 3.40. The number of hydrogen-bond donors (Lipinski definition) is 2. The molecule has 1 aliphatic heterocycles. The molecule has 140 valence electrons. The molecule has 0 radical (unpaired) electrons. The molecule has 0 spiro atoms. The number of fused-ring (bicyclic) bond motifs is 2. The highest BCUT2D eigenvalue weighted by Gasteiger charge is 2.28. The minimum Gasteiger partial charge on any atom is -0.342 e. The predicted octanol–water partition coefficient (Wildman–Crippen LogP) is 3.53. The van der Waals surface area contributed by atoms with Crippen LogP contribution in [0.25, 0.3) is 11.0 Å². The summed E-state index contributed by atoms with van der Waals surface area (Å²) in [6, 6.07) is 5.78. The second-order valence-corrected chi connectivity index (χ2v) is 7.98. The van der Waals surface area contributed by atoms with E-state index < -0.39 is 0 Å². The van der Waals surface area contributed by atoms with Crippen molar-refractivity contribution in [1.29, 1.82) is 0 Å². The van der Waals surface area contributed by atoms with E-state index in [0.717, 1.165) is 42.2 Å². The minimum atomic E-state index is 0.0609. The van der Waals surface area contributed by atoms with Gasteiger partial charge in [-0.2, -0.15) is 5.10 Å². The Hall–Kier alpha value is -2.63. The summed E-state index contributed by atoms with van der Waals surface area (Å²) in [5, 5.41) is 7.83. The first-order valence-corrected chi connectivity index (χ1v) is 9.98. The normalized spacial score (nSPS) is 17.6. The number of amides is 1. The summed E-state index contributed by atoms with van der Waals surface area (Å²) in [7, 11) is 0. The van der Waals surface area contributed by atoms with E-state index >= 15 is 0 Å². The summed E-state index contributed by atoms with van der Waals surface area (Å²) in [5.74, 6) is 1.65. The highest BCUT2D eigenvalue weighted by molar-refractivity contribution is 6.04. The van der Waals surface area contributed by atoms with E-state index in [4.69, 9.17) is 0 Å². The first-order valence-electron chi connectivity index (χ1n) is 9.98. The number of rotatable bonds is 3. The van der Waals surface area contributed by atoms with E-state index in [0.29, 0.717) is 12.1 Å². The van der Waals surface area contributed by atoms with Crippen LogP contribution >= 0.6 is 0 Å². The zero-order valence-electron chi connectivity index (χ0n) is 15.7. The molecule has 6 nitrogen and oxygen atoms in total. The number of aryl methyl sites for hydroxylation is 1. The Morgan fingerprint density at radius 1 is 1.30 bits per heavy atom. The lowest BCUT2D eigenvalue weighted by Gasteiger charge is -2.27. The molecule has 0 unspecified atom stereocenters. The molecule has 0 saturated heterocycles. The van der Waals surface area contributed by atoms with Crippen molar-refractivity contribution < 1.29 is 4.79 Å². The number of aromatic nitrogens is 4. The van der Waals surface area contributed by atoms with Crippen LogP contribution in [0.15, 0.2) is 18.2 Å². The summed E-state index contributed by atoms with van der Waals surface area (Å²) in [6.45, 7) is 3.28. The van der Waals surface area contributed by atoms with Crippen LogP contribution < -0.4 is 0 Å². The molecule has 3 aromatic rings. The summed E-state index contributed by atoms with van der Waals surface area (Å²) in [6.07, 6.45) is 7.19. The molecular weight excluding hydrogens is 338 g/mol. The number of para-hydroxylation sites is 1. The Bertz CT molecular complexity index is 995. The fourth-order valence-electron chi connectivity index (χ4n) is 4.68. The van der Waals surface area contributed by atoms with Crippen molar-refractivity contribution in [2.75, 3.05) is 6.54 Å². The van der Waals surface area contributed by atoms with Crippen LogP contribution in [0.2, 0.25) is 0 Å². The molecule has 27 heavy (non-hydrogen) atoms. The van der Waals surface area contributed by atoms with Crippen LogP contribution in [0.4, 0.5) is 0 Å². The van der Waals surface area contributed by atoms with E-state index in [9.17, 15) is 4.79 Å². The van der Waals surface area contributed by atoms with Gasteiger partial charge in [0.15, 0.2) is 0 Å². The maximum atomic E-state index is 13.3. The number of carbonyl (C=O) groups excluding carboxylic acids is 1. The zero-order valence-corrected chi connectivity index (χ0v) is 15.7. The summed E-state index contributed by atoms with van der Waals surface area (Å²) in [4.78, 5) is 23.0. The van der Waals surface area contributed by atoms with Gasteiger partial charge in [0.25, 0.3) is 5.91 Å². The fraction of sp³-hybridized carbons (Fsp3) is 0.476. The van der Waals surface area contributed by atoms with E-state index in [1.807, 2.05) is 30.0 Å². The smallest absolute Gasteiger partial charge is 0.256 e. The summed E-state index contributed by atoms with van der Waals surface area (Å²) in [5.41, 5.74) is 5.99. The first-order chi connectivity index (χ1) is 13.2. The summed E-state index contributed by atoms with van der Waals surface area (Å²) < 4.78 is 0. The Morgan fingerprint density at radius 3 is 3.00 bits per heavy atom. The van der Waals surface area contributed by atoms with Crippen molar-refractivity contribution >= 4 is 16.9 Å². The van der Waals surface area contributed by atoms with Crippen LogP contribution in [-0.4, -0.2) is 37.5 Å². The topological polar surface area (TPSA) is 77.7 Å². The van der Waals surface area contributed by atoms with Crippen LogP contribution in [0.5, 0.6) is 0 Å². The van der Waals surface area contributed by atoms with Gasteiger partial charge in [0.2, 0.25) is 0 Å². The standard InChI is InChI=1S/C21H25N5O/c1-13-22-18-8-4-7-15(20(18)23-13)21(27)26-10-9-17-16(12-26)19(25-24-17)11-14-5-2-3-6-14/h4,7-8,14H,2-3,5-6,9-12H2,1H3,(H,22,23)(H,24,25). The van der Waals surface area contributed by atoms with Gasteiger partial charge < -0.3 is 9.88 Å². The van der Waals surface area contributed by atoms with Gasteiger partial charge in [-0.1, -0.05) is 31.7 Å².